The van der Waals surface area contributed by atoms with E-state index in [9.17, 15) is 0 Å². The Hall–Kier alpha value is -2.06. The first-order chi connectivity index (χ1) is 14.9. The summed E-state index contributed by atoms with van der Waals surface area (Å²) in [5, 5.41) is 2.72. The predicted molar refractivity (Wildman–Crippen MR) is 140 cm³/mol. The van der Waals surface area contributed by atoms with Crippen LogP contribution >= 0.6 is 0 Å². The van der Waals surface area contributed by atoms with Crippen molar-refractivity contribution in [1.82, 2.24) is 0 Å². The van der Waals surface area contributed by atoms with Gasteiger partial charge in [0.25, 0.3) is 0 Å². The van der Waals surface area contributed by atoms with Crippen LogP contribution in [0.25, 0.3) is 11.1 Å². The molecule has 2 atom stereocenters. The minimum absolute atomic E-state index is 0.670. The number of benzene rings is 2. The number of rotatable bonds is 6. The molecule has 0 spiro atoms. The van der Waals surface area contributed by atoms with Gasteiger partial charge in [-0.25, -0.2) is 0 Å². The summed E-state index contributed by atoms with van der Waals surface area (Å²) >= 11 is -2.41. The summed E-state index contributed by atoms with van der Waals surface area (Å²) in [7, 11) is 0. The van der Waals surface area contributed by atoms with Gasteiger partial charge in [-0.1, -0.05) is 0 Å². The van der Waals surface area contributed by atoms with Gasteiger partial charge in [0.05, 0.1) is 0 Å². The molecular weight excluding hydrogens is 433 g/mol. The molecule has 0 nitrogen and oxygen atoms in total. The standard InChI is InChI=1S/C30H36Ge/c1-7-31(8-2,29-21(3)19-27(23(29)5)25-15-11-9-12-16-25)30-22(4)20-28(24(30)6)26-17-13-10-14-18-26/h9-20,29-30H,7-8H2,1-6H3. The van der Waals surface area contributed by atoms with Crippen molar-refractivity contribution in [3.05, 3.63) is 106 Å². The van der Waals surface area contributed by atoms with Gasteiger partial charge in [0, 0.05) is 0 Å². The third-order valence-electron chi connectivity index (χ3n) is 8.01. The molecule has 0 radical (unpaired) electrons. The van der Waals surface area contributed by atoms with Crippen LogP contribution in [-0.2, 0) is 0 Å². The van der Waals surface area contributed by atoms with Crippen molar-refractivity contribution in [1.29, 1.82) is 0 Å². The molecule has 4 rings (SSSR count). The van der Waals surface area contributed by atoms with Crippen molar-refractivity contribution in [2.45, 2.75) is 61.5 Å². The van der Waals surface area contributed by atoms with E-state index < -0.39 is 13.3 Å². The summed E-state index contributed by atoms with van der Waals surface area (Å²) in [5.41, 5.74) is 12.2. The van der Waals surface area contributed by atoms with Crippen LogP contribution in [0.3, 0.4) is 0 Å². The Labute approximate surface area is 191 Å². The Kier molecular flexibility index (Phi) is 6.30. The number of hydrogen-bond donors (Lipinski definition) is 0. The summed E-state index contributed by atoms with van der Waals surface area (Å²) in [5.74, 6) is 0. The maximum absolute atomic E-state index is 2.51. The van der Waals surface area contributed by atoms with E-state index in [0.29, 0.717) is 9.50 Å². The molecule has 0 bridgehead atoms. The maximum atomic E-state index is 2.51. The minimum atomic E-state index is -2.41. The van der Waals surface area contributed by atoms with Crippen molar-refractivity contribution in [3.8, 4) is 0 Å². The van der Waals surface area contributed by atoms with Crippen LogP contribution in [0, 0.1) is 0 Å². The van der Waals surface area contributed by atoms with E-state index in [4.69, 9.17) is 0 Å². The van der Waals surface area contributed by atoms with E-state index in [2.05, 4.69) is 114 Å². The van der Waals surface area contributed by atoms with E-state index in [0.717, 1.165) is 0 Å². The van der Waals surface area contributed by atoms with E-state index in [1.54, 1.807) is 22.3 Å². The van der Waals surface area contributed by atoms with Crippen LogP contribution in [0.15, 0.2) is 95.1 Å². The average molecular weight is 469 g/mol. The normalized spacial score (nSPS) is 21.6. The Morgan fingerprint density at radius 1 is 0.581 bits per heavy atom. The summed E-state index contributed by atoms with van der Waals surface area (Å²) in [4.78, 5) is 0. The SMILES string of the molecule is C[CH2][Ge]([CH2]C)([CH]1C(C)=CC(c2ccccc2)=C1C)[CH]1C(C)=CC(c2ccccc2)=C1C. The third-order valence-corrected chi connectivity index (χ3v) is 22.1. The number of allylic oxidation sites excluding steroid dienone is 8. The first kappa shape index (κ1) is 22.1. The fraction of sp³-hybridized carbons (Fsp3) is 0.333. The van der Waals surface area contributed by atoms with Gasteiger partial charge in [-0.05, 0) is 0 Å². The van der Waals surface area contributed by atoms with Crippen LogP contribution < -0.4 is 0 Å². The summed E-state index contributed by atoms with van der Waals surface area (Å²) in [6, 6.07) is 22.0. The van der Waals surface area contributed by atoms with Crippen LogP contribution in [0.4, 0.5) is 0 Å². The Morgan fingerprint density at radius 2 is 0.935 bits per heavy atom. The molecule has 2 aliphatic carbocycles. The molecular formula is C30H36Ge. The van der Waals surface area contributed by atoms with Gasteiger partial charge in [-0.15, -0.1) is 0 Å². The van der Waals surface area contributed by atoms with Gasteiger partial charge in [-0.3, -0.25) is 0 Å². The predicted octanol–water partition coefficient (Wildman–Crippen LogP) is 9.08. The first-order valence-electron chi connectivity index (χ1n) is 11.8. The molecule has 0 N–H and O–H groups in total. The van der Waals surface area contributed by atoms with Crippen LogP contribution in [0.5, 0.6) is 0 Å². The average Bonchev–Trinajstić information content (AvgIpc) is 3.27. The van der Waals surface area contributed by atoms with Gasteiger partial charge < -0.3 is 0 Å². The second-order valence-corrected chi connectivity index (χ2v) is 20.1. The molecule has 0 saturated carbocycles. The second-order valence-electron chi connectivity index (χ2n) is 9.51. The van der Waals surface area contributed by atoms with Gasteiger partial charge in [0.2, 0.25) is 0 Å². The molecule has 0 amide bonds. The topological polar surface area (TPSA) is 0 Å². The van der Waals surface area contributed by atoms with Gasteiger partial charge >= 0.3 is 192 Å². The second kappa shape index (κ2) is 8.82. The molecule has 1 heteroatoms. The molecule has 160 valence electrons. The Balaban J connectivity index is 1.84. The number of hydrogen-bond acceptors (Lipinski definition) is 0. The van der Waals surface area contributed by atoms with Gasteiger partial charge in [0.15, 0.2) is 0 Å². The zero-order valence-corrected chi connectivity index (χ0v) is 22.1. The van der Waals surface area contributed by atoms with E-state index in [1.165, 1.54) is 32.8 Å². The van der Waals surface area contributed by atoms with E-state index in [-0.39, 0.29) is 0 Å². The van der Waals surface area contributed by atoms with Crippen molar-refractivity contribution >= 4 is 24.4 Å². The van der Waals surface area contributed by atoms with Gasteiger partial charge in [0.1, 0.15) is 0 Å². The molecule has 0 fully saturated rings. The molecule has 0 aromatic heterocycles. The van der Waals surface area contributed by atoms with Crippen molar-refractivity contribution in [3.63, 3.8) is 0 Å². The molecule has 0 saturated heterocycles. The monoisotopic (exact) mass is 470 g/mol. The van der Waals surface area contributed by atoms with Crippen molar-refractivity contribution in [2.24, 2.45) is 0 Å². The zero-order valence-electron chi connectivity index (χ0n) is 20.0. The molecule has 2 unspecified atom stereocenters. The third kappa shape index (κ3) is 3.63. The van der Waals surface area contributed by atoms with Gasteiger partial charge in [-0.2, -0.15) is 0 Å². The van der Waals surface area contributed by atoms with Crippen molar-refractivity contribution < 1.29 is 0 Å². The molecule has 0 aliphatic heterocycles. The fourth-order valence-electron chi connectivity index (χ4n) is 6.70. The molecule has 2 aromatic carbocycles. The van der Waals surface area contributed by atoms with Crippen LogP contribution in [0.1, 0.15) is 52.7 Å². The van der Waals surface area contributed by atoms with Crippen LogP contribution in [-0.4, -0.2) is 13.3 Å². The first-order valence-corrected chi connectivity index (χ1v) is 17.2. The summed E-state index contributed by atoms with van der Waals surface area (Å²) in [6.07, 6.45) is 5.01. The molecule has 2 aromatic rings. The summed E-state index contributed by atoms with van der Waals surface area (Å²) < 4.78 is 1.34. The molecule has 31 heavy (non-hydrogen) atoms. The Bertz CT molecular complexity index is 990. The quantitative estimate of drug-likeness (QED) is 0.370. The van der Waals surface area contributed by atoms with Crippen molar-refractivity contribution in [2.75, 3.05) is 0 Å². The molecule has 0 heterocycles. The zero-order chi connectivity index (χ0) is 22.2. The summed E-state index contributed by atoms with van der Waals surface area (Å²) in [6.45, 7) is 14.6. The fourth-order valence-corrected chi connectivity index (χ4v) is 20.3. The Morgan fingerprint density at radius 3 is 1.26 bits per heavy atom. The van der Waals surface area contributed by atoms with E-state index in [1.807, 2.05) is 0 Å². The van der Waals surface area contributed by atoms with E-state index >= 15 is 0 Å². The molecule has 2 aliphatic rings. The van der Waals surface area contributed by atoms with Crippen LogP contribution in [0.2, 0.25) is 20.0 Å².